The number of nitrogens with zero attached hydrogens (tertiary/aromatic N) is 1. The number of carbonyl (C=O) groups excluding carboxylic acids is 2. The zero-order valence-electron chi connectivity index (χ0n) is 20.2. The smallest absolute Gasteiger partial charge is 0.252 e. The molecule has 1 aliphatic heterocycles. The largest absolute Gasteiger partial charge is 0.349 e. The zero-order chi connectivity index (χ0) is 24.5. The molecule has 6 heteroatoms. The lowest BCUT2D eigenvalue weighted by atomic mass is 10.0. The summed E-state index contributed by atoms with van der Waals surface area (Å²) in [6.45, 7) is 5.05. The van der Waals surface area contributed by atoms with Crippen LogP contribution in [0.2, 0.25) is 0 Å². The number of nitrogens with one attached hydrogen (secondary N) is 2. The van der Waals surface area contributed by atoms with Gasteiger partial charge in [-0.15, -0.1) is 11.8 Å². The third-order valence-electron chi connectivity index (χ3n) is 6.31. The normalized spacial score (nSPS) is 14.4. The minimum absolute atomic E-state index is 0.0604. The molecule has 182 valence electrons. The number of likely N-dealkylation sites (tertiary alicyclic amines) is 1. The van der Waals surface area contributed by atoms with Crippen LogP contribution in [0.5, 0.6) is 0 Å². The number of aryl methyl sites for hydroxylation is 1. The Bertz CT molecular complexity index is 1110. The highest BCUT2D eigenvalue weighted by Crippen LogP contribution is 2.24. The first-order valence-electron chi connectivity index (χ1n) is 12.2. The Labute approximate surface area is 212 Å². The fraction of sp³-hybridized carbons (Fsp3) is 0.310. The average Bonchev–Trinajstić information content (AvgIpc) is 2.89. The van der Waals surface area contributed by atoms with Crippen LogP contribution in [0.4, 0.5) is 5.69 Å². The van der Waals surface area contributed by atoms with Gasteiger partial charge < -0.3 is 15.5 Å². The van der Waals surface area contributed by atoms with Gasteiger partial charge in [-0.2, -0.15) is 0 Å². The first kappa shape index (κ1) is 25.0. The average molecular weight is 488 g/mol. The van der Waals surface area contributed by atoms with Crippen LogP contribution >= 0.6 is 11.8 Å². The van der Waals surface area contributed by atoms with Crippen LogP contribution in [0, 0.1) is 6.92 Å². The van der Waals surface area contributed by atoms with Crippen molar-refractivity contribution in [2.75, 3.05) is 30.7 Å². The van der Waals surface area contributed by atoms with E-state index in [1.165, 1.54) is 17.3 Å². The summed E-state index contributed by atoms with van der Waals surface area (Å²) in [5.74, 6) is 0.101. The Kier molecular flexibility index (Phi) is 8.98. The zero-order valence-corrected chi connectivity index (χ0v) is 21.0. The molecule has 1 fully saturated rings. The number of anilines is 1. The molecule has 0 spiro atoms. The summed E-state index contributed by atoms with van der Waals surface area (Å²) in [6.07, 6.45) is 2.96. The van der Waals surface area contributed by atoms with E-state index in [2.05, 4.69) is 45.9 Å². The van der Waals surface area contributed by atoms with Crippen LogP contribution in [0.15, 0.2) is 83.8 Å². The van der Waals surface area contributed by atoms with Gasteiger partial charge >= 0.3 is 0 Å². The Morgan fingerprint density at radius 3 is 2.34 bits per heavy atom. The molecule has 1 aliphatic rings. The summed E-state index contributed by atoms with van der Waals surface area (Å²) in [6, 6.07) is 26.0. The molecule has 3 aromatic rings. The van der Waals surface area contributed by atoms with E-state index >= 15 is 0 Å². The van der Waals surface area contributed by atoms with Crippen LogP contribution in [0.1, 0.15) is 34.3 Å². The third-order valence-corrected chi connectivity index (χ3v) is 7.38. The van der Waals surface area contributed by atoms with Crippen LogP contribution < -0.4 is 10.6 Å². The van der Waals surface area contributed by atoms with Gasteiger partial charge in [0.25, 0.3) is 5.91 Å². The van der Waals surface area contributed by atoms with Gasteiger partial charge in [0.2, 0.25) is 5.91 Å². The number of rotatable bonds is 9. The summed E-state index contributed by atoms with van der Waals surface area (Å²) in [7, 11) is 0. The number of hydrogen-bond donors (Lipinski definition) is 2. The first-order chi connectivity index (χ1) is 17.1. The minimum Gasteiger partial charge on any atom is -0.349 e. The summed E-state index contributed by atoms with van der Waals surface area (Å²) in [5.41, 5.74) is 3.93. The molecule has 35 heavy (non-hydrogen) atoms. The summed E-state index contributed by atoms with van der Waals surface area (Å²) >= 11 is 1.39. The van der Waals surface area contributed by atoms with Crippen LogP contribution in [-0.4, -0.2) is 48.1 Å². The second-order valence-electron chi connectivity index (χ2n) is 9.02. The van der Waals surface area contributed by atoms with Gasteiger partial charge in [0.15, 0.2) is 0 Å². The molecule has 3 aromatic carbocycles. The van der Waals surface area contributed by atoms with Crippen LogP contribution in [0.25, 0.3) is 0 Å². The van der Waals surface area contributed by atoms with Crippen LogP contribution in [0.3, 0.4) is 0 Å². The molecule has 0 bridgehead atoms. The molecule has 1 saturated heterocycles. The SMILES string of the molecule is Cc1ccc(NC(=O)CSc2ccccc2C(=O)NC2CCN(CCc3ccccc3)CC2)cc1. The van der Waals surface area contributed by atoms with Gasteiger partial charge in [-0.3, -0.25) is 9.59 Å². The quantitative estimate of drug-likeness (QED) is 0.409. The highest BCUT2D eigenvalue weighted by molar-refractivity contribution is 8.00. The topological polar surface area (TPSA) is 61.4 Å². The lowest BCUT2D eigenvalue weighted by Crippen LogP contribution is -2.45. The number of carbonyl (C=O) groups is 2. The Balaban J connectivity index is 1.24. The molecule has 4 rings (SSSR count). The van der Waals surface area contributed by atoms with E-state index in [-0.39, 0.29) is 23.6 Å². The molecular formula is C29H33N3O2S. The molecule has 1 heterocycles. The standard InChI is InChI=1S/C29H33N3O2S/c1-22-11-13-24(14-12-22)30-28(33)21-35-27-10-6-5-9-26(27)29(34)31-25-16-19-32(20-17-25)18-15-23-7-3-2-4-8-23/h2-14,25H,15-21H2,1H3,(H,30,33)(H,31,34). The van der Waals surface area contributed by atoms with Crippen molar-refractivity contribution in [2.24, 2.45) is 0 Å². The minimum atomic E-state index is -0.0862. The highest BCUT2D eigenvalue weighted by atomic mass is 32.2. The number of benzene rings is 3. The van der Waals surface area contributed by atoms with Crippen molar-refractivity contribution < 1.29 is 9.59 Å². The second-order valence-corrected chi connectivity index (χ2v) is 10.0. The molecule has 0 aliphatic carbocycles. The van der Waals surface area contributed by atoms with Gasteiger partial charge in [0.1, 0.15) is 0 Å². The summed E-state index contributed by atoms with van der Waals surface area (Å²) < 4.78 is 0. The lowest BCUT2D eigenvalue weighted by Gasteiger charge is -2.32. The Morgan fingerprint density at radius 2 is 1.60 bits per heavy atom. The molecule has 0 atom stereocenters. The fourth-order valence-corrected chi connectivity index (χ4v) is 5.10. The summed E-state index contributed by atoms with van der Waals surface area (Å²) in [4.78, 5) is 28.8. The first-order valence-corrected chi connectivity index (χ1v) is 13.2. The van der Waals surface area contributed by atoms with Crippen molar-refractivity contribution >= 4 is 29.3 Å². The van der Waals surface area contributed by atoms with E-state index in [1.54, 1.807) is 0 Å². The van der Waals surface area contributed by atoms with E-state index < -0.39 is 0 Å². The Morgan fingerprint density at radius 1 is 0.914 bits per heavy atom. The molecule has 0 aromatic heterocycles. The predicted molar refractivity (Wildman–Crippen MR) is 144 cm³/mol. The van der Waals surface area contributed by atoms with Crippen molar-refractivity contribution in [3.05, 3.63) is 95.6 Å². The van der Waals surface area contributed by atoms with Crippen molar-refractivity contribution in [1.82, 2.24) is 10.2 Å². The molecular weight excluding hydrogens is 454 g/mol. The third kappa shape index (κ3) is 7.70. The van der Waals surface area contributed by atoms with Gasteiger partial charge in [-0.05, 0) is 56.0 Å². The monoisotopic (exact) mass is 487 g/mol. The van der Waals surface area contributed by atoms with E-state index in [1.807, 2.05) is 55.5 Å². The van der Waals surface area contributed by atoms with Gasteiger partial charge in [0, 0.05) is 36.3 Å². The maximum atomic E-state index is 13.1. The van der Waals surface area contributed by atoms with Gasteiger partial charge in [-0.25, -0.2) is 0 Å². The van der Waals surface area contributed by atoms with Crippen molar-refractivity contribution in [1.29, 1.82) is 0 Å². The molecule has 5 nitrogen and oxygen atoms in total. The van der Waals surface area contributed by atoms with E-state index in [4.69, 9.17) is 0 Å². The molecule has 0 unspecified atom stereocenters. The second kappa shape index (κ2) is 12.6. The lowest BCUT2D eigenvalue weighted by molar-refractivity contribution is -0.113. The molecule has 2 amide bonds. The Hall–Kier alpha value is -3.09. The maximum Gasteiger partial charge on any atom is 0.252 e. The number of thioether (sulfide) groups is 1. The van der Waals surface area contributed by atoms with Gasteiger partial charge in [-0.1, -0.05) is 60.2 Å². The molecule has 0 saturated carbocycles. The predicted octanol–water partition coefficient (Wildman–Crippen LogP) is 5.16. The number of hydrogen-bond acceptors (Lipinski definition) is 4. The van der Waals surface area contributed by atoms with Gasteiger partial charge in [0.05, 0.1) is 11.3 Å². The van der Waals surface area contributed by atoms with Crippen LogP contribution in [-0.2, 0) is 11.2 Å². The highest BCUT2D eigenvalue weighted by Gasteiger charge is 2.22. The van der Waals surface area contributed by atoms with Crippen molar-refractivity contribution in [2.45, 2.75) is 37.1 Å². The fourth-order valence-electron chi connectivity index (χ4n) is 4.25. The molecule has 0 radical (unpaired) electrons. The van der Waals surface area contributed by atoms with Crippen molar-refractivity contribution in [3.8, 4) is 0 Å². The number of amides is 2. The molecule has 2 N–H and O–H groups in total. The number of piperidine rings is 1. The van der Waals surface area contributed by atoms with E-state index in [0.717, 1.165) is 55.0 Å². The van der Waals surface area contributed by atoms with E-state index in [0.29, 0.717) is 5.56 Å². The summed E-state index contributed by atoms with van der Waals surface area (Å²) in [5, 5.41) is 6.14. The van der Waals surface area contributed by atoms with Crippen molar-refractivity contribution in [3.63, 3.8) is 0 Å². The van der Waals surface area contributed by atoms with E-state index in [9.17, 15) is 9.59 Å². The maximum absolute atomic E-state index is 13.1.